The zero-order valence-electron chi connectivity index (χ0n) is 36.7. The summed E-state index contributed by atoms with van der Waals surface area (Å²) < 4.78 is 39.6. The van der Waals surface area contributed by atoms with Crippen molar-refractivity contribution < 1.29 is 46.8 Å². The maximum Gasteiger partial charge on any atom is 0.306 e. The second-order valence-electron chi connectivity index (χ2n) is 16.4. The van der Waals surface area contributed by atoms with Gasteiger partial charge in [0, 0.05) is 12.8 Å². The summed E-state index contributed by atoms with van der Waals surface area (Å²) in [6.07, 6.45) is 41.6. The van der Waals surface area contributed by atoms with E-state index in [1.165, 1.54) is 64.2 Å². The Morgan fingerprint density at radius 2 is 1.12 bits per heavy atom. The molecule has 0 radical (unpaired) electrons. The van der Waals surface area contributed by atoms with E-state index in [0.717, 1.165) is 64.2 Å². The average Bonchev–Trinajstić information content (AvgIpc) is 3.92. The fourth-order valence-electron chi connectivity index (χ4n) is 6.03. The number of carbonyl (C=O) groups excluding carboxylic acids is 2. The van der Waals surface area contributed by atoms with Crippen molar-refractivity contribution in [2.45, 2.75) is 186 Å². The molecule has 0 aromatic carbocycles. The van der Waals surface area contributed by atoms with E-state index in [0.29, 0.717) is 23.9 Å². The third kappa shape index (κ3) is 35.6. The summed E-state index contributed by atoms with van der Waals surface area (Å²) in [5, 5.41) is 0. The Bertz CT molecular complexity index is 1180. The molecule has 330 valence electrons. The molecule has 1 fully saturated rings. The summed E-state index contributed by atoms with van der Waals surface area (Å²) in [5.74, 6) is -0.920. The van der Waals surface area contributed by atoms with Crippen LogP contribution in [0.5, 0.6) is 0 Å². The number of quaternary nitrogens is 1. The monoisotopic (exact) mass is 824 g/mol. The van der Waals surface area contributed by atoms with Crippen LogP contribution in [0.15, 0.2) is 48.6 Å². The number of esters is 2. The normalized spacial score (nSPS) is 17.6. The van der Waals surface area contributed by atoms with E-state index in [9.17, 15) is 19.0 Å². The average molecular weight is 824 g/mol. The number of hydrogen-bond acceptors (Lipinski definition) is 9. The summed E-state index contributed by atoms with van der Waals surface area (Å²) in [6, 6.07) is 0. The number of epoxide rings is 1. The number of rotatable bonds is 39. The van der Waals surface area contributed by atoms with Crippen molar-refractivity contribution in [3.8, 4) is 0 Å². The lowest BCUT2D eigenvalue weighted by Crippen LogP contribution is -2.37. The highest BCUT2D eigenvalue weighted by Crippen LogP contribution is 2.38. The Morgan fingerprint density at radius 1 is 0.632 bits per heavy atom. The molecule has 0 bridgehead atoms. The van der Waals surface area contributed by atoms with Gasteiger partial charge in [-0.3, -0.25) is 14.2 Å². The van der Waals surface area contributed by atoms with Crippen LogP contribution in [-0.4, -0.2) is 82.2 Å². The molecule has 1 saturated heterocycles. The van der Waals surface area contributed by atoms with Crippen LogP contribution in [0.1, 0.15) is 168 Å². The van der Waals surface area contributed by atoms with E-state index in [1.54, 1.807) is 0 Å². The van der Waals surface area contributed by atoms with Crippen LogP contribution >= 0.6 is 7.82 Å². The van der Waals surface area contributed by atoms with Gasteiger partial charge in [0.05, 0.1) is 40.0 Å². The smallest absolute Gasteiger partial charge is 0.306 e. The van der Waals surface area contributed by atoms with E-state index >= 15 is 0 Å². The summed E-state index contributed by atoms with van der Waals surface area (Å²) in [6.45, 7) is 4.10. The summed E-state index contributed by atoms with van der Waals surface area (Å²) in [4.78, 5) is 37.6. The molecular formula is C46H82NO9P. The van der Waals surface area contributed by atoms with Gasteiger partial charge in [-0.15, -0.1) is 0 Å². The van der Waals surface area contributed by atoms with E-state index in [4.69, 9.17) is 23.3 Å². The zero-order valence-corrected chi connectivity index (χ0v) is 37.6. The van der Waals surface area contributed by atoms with E-state index in [1.807, 2.05) is 21.1 Å². The Morgan fingerprint density at radius 3 is 1.77 bits per heavy atom. The largest absolute Gasteiger partial charge is 0.756 e. The molecule has 3 unspecified atom stereocenters. The molecule has 1 aliphatic rings. The molecule has 0 aromatic rings. The fourth-order valence-corrected chi connectivity index (χ4v) is 6.76. The van der Waals surface area contributed by atoms with Crippen LogP contribution in [0.2, 0.25) is 0 Å². The van der Waals surface area contributed by atoms with Crippen molar-refractivity contribution in [1.82, 2.24) is 0 Å². The molecule has 0 aliphatic carbocycles. The maximum absolute atomic E-state index is 12.7. The van der Waals surface area contributed by atoms with Gasteiger partial charge in [0.25, 0.3) is 7.82 Å². The van der Waals surface area contributed by atoms with Crippen LogP contribution in [-0.2, 0) is 37.4 Å². The lowest BCUT2D eigenvalue weighted by molar-refractivity contribution is -0.870. The highest BCUT2D eigenvalue weighted by atomic mass is 31.2. The van der Waals surface area contributed by atoms with Crippen molar-refractivity contribution in [2.24, 2.45) is 0 Å². The third-order valence-electron chi connectivity index (χ3n) is 9.72. The number of phosphoric ester groups is 1. The third-order valence-corrected chi connectivity index (χ3v) is 10.7. The summed E-state index contributed by atoms with van der Waals surface area (Å²) in [5.41, 5.74) is 0. The second kappa shape index (κ2) is 34.8. The number of hydrogen-bond donors (Lipinski definition) is 0. The topological polar surface area (TPSA) is 124 Å². The van der Waals surface area contributed by atoms with Crippen LogP contribution in [0.3, 0.4) is 0 Å². The molecule has 0 saturated carbocycles. The Labute approximate surface area is 348 Å². The van der Waals surface area contributed by atoms with Crippen molar-refractivity contribution in [2.75, 3.05) is 47.5 Å². The molecule has 57 heavy (non-hydrogen) atoms. The van der Waals surface area contributed by atoms with Gasteiger partial charge in [0.2, 0.25) is 0 Å². The lowest BCUT2D eigenvalue weighted by atomic mass is 10.1. The predicted molar refractivity (Wildman–Crippen MR) is 231 cm³/mol. The van der Waals surface area contributed by atoms with Gasteiger partial charge in [0.15, 0.2) is 6.10 Å². The molecule has 1 rings (SSSR count). The Balaban J connectivity index is 2.33. The molecule has 0 amide bonds. The minimum absolute atomic E-state index is 0.0450. The molecule has 10 nitrogen and oxygen atoms in total. The number of ether oxygens (including phenoxy) is 3. The van der Waals surface area contributed by atoms with Crippen LogP contribution in [0.4, 0.5) is 0 Å². The summed E-state index contributed by atoms with van der Waals surface area (Å²) in [7, 11) is 1.12. The minimum Gasteiger partial charge on any atom is -0.756 e. The van der Waals surface area contributed by atoms with Gasteiger partial charge in [-0.25, -0.2) is 0 Å². The minimum atomic E-state index is -4.65. The molecule has 0 N–H and O–H groups in total. The molecule has 1 aliphatic heterocycles. The van der Waals surface area contributed by atoms with Crippen LogP contribution < -0.4 is 4.89 Å². The lowest BCUT2D eigenvalue weighted by Gasteiger charge is -2.28. The molecular weight excluding hydrogens is 741 g/mol. The summed E-state index contributed by atoms with van der Waals surface area (Å²) >= 11 is 0. The molecule has 0 spiro atoms. The number of phosphoric acid groups is 1. The van der Waals surface area contributed by atoms with Crippen molar-refractivity contribution in [3.63, 3.8) is 0 Å². The molecule has 1 heterocycles. The number of nitrogens with zero attached hydrogens (tertiary/aromatic N) is 1. The Kier molecular flexibility index (Phi) is 32.3. The number of unbranched alkanes of at least 4 members (excludes halogenated alkanes) is 15. The van der Waals surface area contributed by atoms with Crippen LogP contribution in [0.25, 0.3) is 0 Å². The van der Waals surface area contributed by atoms with Gasteiger partial charge in [-0.2, -0.15) is 0 Å². The van der Waals surface area contributed by atoms with Crippen molar-refractivity contribution in [1.29, 1.82) is 0 Å². The number of likely N-dealkylation sites (N-methyl/N-ethyl adjacent to an activating group) is 1. The molecule has 11 heteroatoms. The quantitative estimate of drug-likeness (QED) is 0.0149. The Hall–Kier alpha value is -2.07. The highest BCUT2D eigenvalue weighted by Gasteiger charge is 2.36. The number of carbonyl (C=O) groups is 2. The van der Waals surface area contributed by atoms with Crippen molar-refractivity contribution in [3.05, 3.63) is 48.6 Å². The van der Waals surface area contributed by atoms with E-state index < -0.39 is 32.5 Å². The first-order chi connectivity index (χ1) is 27.5. The first-order valence-corrected chi connectivity index (χ1v) is 23.9. The fraction of sp³-hybridized carbons (Fsp3) is 0.783. The van der Waals surface area contributed by atoms with E-state index in [-0.39, 0.29) is 38.3 Å². The van der Waals surface area contributed by atoms with Gasteiger partial charge in [-0.05, 0) is 77.0 Å². The van der Waals surface area contributed by atoms with Crippen LogP contribution in [0, 0.1) is 0 Å². The molecule has 0 aromatic heterocycles. The van der Waals surface area contributed by atoms with Gasteiger partial charge < -0.3 is 32.6 Å². The highest BCUT2D eigenvalue weighted by molar-refractivity contribution is 7.45. The van der Waals surface area contributed by atoms with Gasteiger partial charge >= 0.3 is 11.9 Å². The zero-order chi connectivity index (χ0) is 41.9. The van der Waals surface area contributed by atoms with Crippen molar-refractivity contribution >= 4 is 19.8 Å². The predicted octanol–water partition coefficient (Wildman–Crippen LogP) is 11.0. The SMILES string of the molecule is CCCCC/C=C\C/C=C\CC1OC1C/C=C\CCCC(=O)OC[C@H](COP(=O)([O-])OCC[N+](C)(C)C)OC(=O)CCCCCCC/C=C\CCCCCCCC. The standard InChI is InChI=1S/C46H82NO9P/c1-6-8-10-12-14-16-17-18-19-20-21-23-25-27-33-37-46(49)55-42(41-54-57(50,51)53-39-38-47(3,4)5)40-52-45(48)36-32-29-28-31-35-44-43(56-44)34-30-26-24-22-15-13-11-9-7-2/h15,18-19,22,26,28,30-31,42-44H,6-14,16-17,20-21,23-25,27,29,32-41H2,1-5H3/b19-18-,22-15-,30-26-,31-28-/t42-,43?,44?/m1/s1. The van der Waals surface area contributed by atoms with Gasteiger partial charge in [-0.1, -0.05) is 127 Å². The number of allylic oxidation sites excluding steroid dienone is 6. The van der Waals surface area contributed by atoms with E-state index in [2.05, 4.69) is 62.5 Å². The molecule has 4 atom stereocenters. The van der Waals surface area contributed by atoms with Gasteiger partial charge in [0.1, 0.15) is 19.8 Å². The first-order valence-electron chi connectivity index (χ1n) is 22.5. The second-order valence-corrected chi connectivity index (χ2v) is 17.9. The first kappa shape index (κ1) is 52.9. The maximum atomic E-state index is 12.7.